The molecule has 1 spiro atoms. The number of halogens is 2. The van der Waals surface area contributed by atoms with E-state index in [0.717, 1.165) is 9.87 Å². The van der Waals surface area contributed by atoms with Crippen molar-refractivity contribution in [2.75, 3.05) is 40.3 Å². The Kier molecular flexibility index (Phi) is 9.29. The van der Waals surface area contributed by atoms with E-state index in [1.807, 2.05) is 18.2 Å². The van der Waals surface area contributed by atoms with E-state index in [0.29, 0.717) is 44.6 Å². The number of ketones is 1. The molecule has 2 aromatic rings. The van der Waals surface area contributed by atoms with Crippen LogP contribution in [-0.2, 0) is 26.2 Å². The molecule has 3 saturated heterocycles. The molecule has 2 aromatic carbocycles. The number of nitrogens with one attached hydrogen (secondary N) is 2. The lowest BCUT2D eigenvalue weighted by Crippen LogP contribution is -2.60. The Bertz CT molecular complexity index is 1590. The van der Waals surface area contributed by atoms with Crippen LogP contribution in [0.3, 0.4) is 0 Å². The summed E-state index contributed by atoms with van der Waals surface area (Å²) < 4.78 is 54.1. The summed E-state index contributed by atoms with van der Waals surface area (Å²) in [6, 6.07) is 15.2. The Balaban J connectivity index is 1.18. The van der Waals surface area contributed by atoms with Gasteiger partial charge in [-0.05, 0) is 48.9 Å². The van der Waals surface area contributed by atoms with Crippen LogP contribution in [0.1, 0.15) is 55.6 Å². The molecule has 1 saturated carbocycles. The zero-order chi connectivity index (χ0) is 33.6. The minimum atomic E-state index is -3.61. The van der Waals surface area contributed by atoms with Crippen LogP contribution < -0.4 is 10.6 Å². The molecule has 4 aliphatic rings. The summed E-state index contributed by atoms with van der Waals surface area (Å²) in [6.45, 7) is 2.13. The van der Waals surface area contributed by atoms with Crippen LogP contribution in [-0.4, -0.2) is 98.0 Å². The first-order valence-corrected chi connectivity index (χ1v) is 17.8. The van der Waals surface area contributed by atoms with Crippen molar-refractivity contribution in [2.45, 2.75) is 73.4 Å². The summed E-state index contributed by atoms with van der Waals surface area (Å²) in [5.41, 5.74) is 0.643. The highest BCUT2D eigenvalue weighted by Crippen LogP contribution is 2.42. The normalized spacial score (nSPS) is 25.8. The van der Waals surface area contributed by atoms with Crippen LogP contribution in [0.5, 0.6) is 0 Å². The van der Waals surface area contributed by atoms with E-state index in [2.05, 4.69) is 27.7 Å². The van der Waals surface area contributed by atoms with Crippen molar-refractivity contribution in [3.05, 3.63) is 65.7 Å². The standard InChI is InChI=1S/C34H43F2N5O5S/c1-39(2)47(45,46)26-10-8-23(9-11-26)22-41-31(43)33(38-32(41)44)16-18-40(19-17-33)29(30(42)25-12-14-34(35,36)15-13-25)28-21-37-20-27(28)24-6-4-3-5-7-24/h3-11,25,27-29,37H,12-22H2,1-2H3,(H,38,44)/t27-,28-,29?/m1/s1. The van der Waals surface area contributed by atoms with E-state index in [-0.39, 0.29) is 60.6 Å². The van der Waals surface area contributed by atoms with Gasteiger partial charge in [0.1, 0.15) is 5.54 Å². The van der Waals surface area contributed by atoms with Crippen LogP contribution in [0.25, 0.3) is 0 Å². The van der Waals surface area contributed by atoms with E-state index >= 15 is 0 Å². The minimum absolute atomic E-state index is 0.00164. The molecule has 6 rings (SSSR count). The number of imide groups is 1. The Hall–Kier alpha value is -3.26. The number of carbonyl (C=O) groups is 3. The number of hydrogen-bond acceptors (Lipinski definition) is 7. The summed E-state index contributed by atoms with van der Waals surface area (Å²) in [4.78, 5) is 44.6. The average Bonchev–Trinajstić information content (AvgIpc) is 3.62. The third kappa shape index (κ3) is 6.59. The van der Waals surface area contributed by atoms with Crippen molar-refractivity contribution < 1.29 is 31.6 Å². The first kappa shape index (κ1) is 33.6. The monoisotopic (exact) mass is 671 g/mol. The Morgan fingerprint density at radius 1 is 0.957 bits per heavy atom. The highest BCUT2D eigenvalue weighted by atomic mass is 32.2. The SMILES string of the molecule is CN(C)S(=O)(=O)c1ccc(CN2C(=O)NC3(CCN(C(C(=O)C4CCC(F)(F)CC4)[C@@H]4CNC[C@@H]4c4ccccc4)CC3)C2=O)cc1. The second-order valence-electron chi connectivity index (χ2n) is 13.7. The molecule has 3 atom stereocenters. The molecule has 1 unspecified atom stereocenters. The van der Waals surface area contributed by atoms with Gasteiger partial charge in [0.25, 0.3) is 5.91 Å². The number of hydrogen-bond donors (Lipinski definition) is 2. The molecule has 0 bridgehead atoms. The van der Waals surface area contributed by atoms with Gasteiger partial charge in [-0.1, -0.05) is 42.5 Å². The number of urea groups is 1. The first-order chi connectivity index (χ1) is 22.3. The third-order valence-corrected chi connectivity index (χ3v) is 12.5. The van der Waals surface area contributed by atoms with Gasteiger partial charge in [0.05, 0.1) is 17.5 Å². The van der Waals surface area contributed by atoms with Gasteiger partial charge in [-0.25, -0.2) is 26.3 Å². The number of likely N-dealkylation sites (tertiary alicyclic amines) is 1. The Labute approximate surface area is 274 Å². The molecule has 3 amide bonds. The van der Waals surface area contributed by atoms with Crippen LogP contribution in [0.2, 0.25) is 0 Å². The fraction of sp³-hybridized carbons (Fsp3) is 0.559. The molecule has 10 nitrogen and oxygen atoms in total. The van der Waals surface area contributed by atoms with Gasteiger partial charge in [-0.2, -0.15) is 0 Å². The summed E-state index contributed by atoms with van der Waals surface area (Å²) in [6.07, 6.45) is 0.404. The molecular weight excluding hydrogens is 628 g/mol. The maximum absolute atomic E-state index is 14.3. The smallest absolute Gasteiger partial charge is 0.323 e. The van der Waals surface area contributed by atoms with Gasteiger partial charge in [0.2, 0.25) is 15.9 Å². The number of amides is 3. The minimum Gasteiger partial charge on any atom is -0.323 e. The summed E-state index contributed by atoms with van der Waals surface area (Å²) in [5, 5.41) is 6.40. The molecule has 0 aromatic heterocycles. The zero-order valence-electron chi connectivity index (χ0n) is 26.8. The molecule has 3 heterocycles. The number of piperidine rings is 1. The van der Waals surface area contributed by atoms with E-state index in [1.54, 1.807) is 12.1 Å². The molecular formula is C34H43F2N5O5S. The lowest BCUT2D eigenvalue weighted by atomic mass is 9.74. The number of benzene rings is 2. The molecule has 2 N–H and O–H groups in total. The van der Waals surface area contributed by atoms with Crippen molar-refractivity contribution in [2.24, 2.45) is 11.8 Å². The number of Topliss-reactive ketones (excluding diaryl/α,β-unsaturated/α-hetero) is 1. The highest BCUT2D eigenvalue weighted by molar-refractivity contribution is 7.89. The fourth-order valence-corrected chi connectivity index (χ4v) is 8.73. The second-order valence-corrected chi connectivity index (χ2v) is 15.8. The van der Waals surface area contributed by atoms with Gasteiger partial charge < -0.3 is 10.6 Å². The van der Waals surface area contributed by atoms with Gasteiger partial charge in [0, 0.05) is 70.9 Å². The number of alkyl halides is 2. The fourth-order valence-electron chi connectivity index (χ4n) is 7.83. The topological polar surface area (TPSA) is 119 Å². The van der Waals surface area contributed by atoms with Crippen molar-refractivity contribution in [1.82, 2.24) is 24.7 Å². The lowest BCUT2D eigenvalue weighted by Gasteiger charge is -2.44. The van der Waals surface area contributed by atoms with Crippen LogP contribution in [0, 0.1) is 11.8 Å². The average molecular weight is 672 g/mol. The van der Waals surface area contributed by atoms with Crippen molar-refractivity contribution >= 4 is 27.7 Å². The summed E-state index contributed by atoms with van der Waals surface area (Å²) >= 11 is 0. The second kappa shape index (κ2) is 13.0. The van der Waals surface area contributed by atoms with Crippen LogP contribution in [0.15, 0.2) is 59.5 Å². The molecule has 3 aliphatic heterocycles. The molecule has 13 heteroatoms. The maximum atomic E-state index is 14.3. The van der Waals surface area contributed by atoms with Crippen LogP contribution >= 0.6 is 0 Å². The summed E-state index contributed by atoms with van der Waals surface area (Å²) in [7, 11) is -0.719. The molecule has 4 fully saturated rings. The third-order valence-electron chi connectivity index (χ3n) is 10.6. The first-order valence-electron chi connectivity index (χ1n) is 16.4. The molecule has 1 aliphatic carbocycles. The van der Waals surface area contributed by atoms with E-state index in [9.17, 15) is 31.6 Å². The van der Waals surface area contributed by atoms with Gasteiger partial charge in [0.15, 0.2) is 5.78 Å². The Morgan fingerprint density at radius 2 is 1.60 bits per heavy atom. The van der Waals surface area contributed by atoms with Gasteiger partial charge >= 0.3 is 6.03 Å². The lowest BCUT2D eigenvalue weighted by molar-refractivity contribution is -0.137. The van der Waals surface area contributed by atoms with Crippen LogP contribution in [0.4, 0.5) is 13.6 Å². The van der Waals surface area contributed by atoms with E-state index in [4.69, 9.17) is 0 Å². The number of sulfonamides is 1. The maximum Gasteiger partial charge on any atom is 0.325 e. The van der Waals surface area contributed by atoms with Crippen molar-refractivity contribution in [3.8, 4) is 0 Å². The van der Waals surface area contributed by atoms with Gasteiger partial charge in [-0.3, -0.25) is 19.4 Å². The molecule has 0 radical (unpaired) electrons. The largest absolute Gasteiger partial charge is 0.325 e. The quantitative estimate of drug-likeness (QED) is 0.392. The Morgan fingerprint density at radius 3 is 2.21 bits per heavy atom. The highest BCUT2D eigenvalue weighted by Gasteiger charge is 2.54. The zero-order valence-corrected chi connectivity index (χ0v) is 27.6. The molecule has 47 heavy (non-hydrogen) atoms. The molecule has 254 valence electrons. The van der Waals surface area contributed by atoms with E-state index in [1.165, 1.54) is 31.1 Å². The van der Waals surface area contributed by atoms with Gasteiger partial charge in [-0.15, -0.1) is 0 Å². The van der Waals surface area contributed by atoms with Crippen molar-refractivity contribution in [3.63, 3.8) is 0 Å². The number of nitrogens with zero attached hydrogens (tertiary/aromatic N) is 3. The van der Waals surface area contributed by atoms with E-state index < -0.39 is 39.5 Å². The predicted octanol–water partition coefficient (Wildman–Crippen LogP) is 3.59. The predicted molar refractivity (Wildman–Crippen MR) is 171 cm³/mol. The number of carbonyl (C=O) groups excluding carboxylic acids is 3. The number of rotatable bonds is 9. The van der Waals surface area contributed by atoms with Crippen molar-refractivity contribution in [1.29, 1.82) is 0 Å². The summed E-state index contributed by atoms with van der Waals surface area (Å²) in [5.74, 6) is -3.48.